The minimum atomic E-state index is 0.449. The van der Waals surface area contributed by atoms with Crippen molar-refractivity contribution in [3.63, 3.8) is 0 Å². The second-order valence-electron chi connectivity index (χ2n) is 8.26. The number of hydrogen-bond donors (Lipinski definition) is 1. The molecule has 0 aromatic rings. The maximum atomic E-state index is 5.56. The molecule has 0 aromatic heterocycles. The standard InChI is InChI=1S/C18H36N2O/c1-6-19-17-8-7-15(18(2,3)4)11-14(17)12-20(5)16-9-10-21-13-16/h14-17,19H,6-13H2,1-5H3. The Balaban J connectivity index is 1.96. The van der Waals surface area contributed by atoms with Gasteiger partial charge < -0.3 is 15.0 Å². The molecule has 2 fully saturated rings. The lowest BCUT2D eigenvalue weighted by atomic mass is 9.67. The van der Waals surface area contributed by atoms with Crippen molar-refractivity contribution in [1.82, 2.24) is 10.2 Å². The van der Waals surface area contributed by atoms with Crippen LogP contribution >= 0.6 is 0 Å². The first kappa shape index (κ1) is 17.2. The van der Waals surface area contributed by atoms with Gasteiger partial charge in [0.2, 0.25) is 0 Å². The van der Waals surface area contributed by atoms with Gasteiger partial charge in [-0.1, -0.05) is 27.7 Å². The zero-order valence-corrected chi connectivity index (χ0v) is 14.8. The molecule has 0 radical (unpaired) electrons. The van der Waals surface area contributed by atoms with Crippen molar-refractivity contribution in [3.05, 3.63) is 0 Å². The fourth-order valence-electron chi connectivity index (χ4n) is 4.17. The van der Waals surface area contributed by atoms with E-state index in [9.17, 15) is 0 Å². The zero-order chi connectivity index (χ0) is 15.5. The fourth-order valence-corrected chi connectivity index (χ4v) is 4.17. The second-order valence-corrected chi connectivity index (χ2v) is 8.26. The number of rotatable bonds is 5. The second kappa shape index (κ2) is 7.43. The van der Waals surface area contributed by atoms with E-state index < -0.39 is 0 Å². The molecule has 4 atom stereocenters. The van der Waals surface area contributed by atoms with Gasteiger partial charge in [0.25, 0.3) is 0 Å². The average Bonchev–Trinajstić information content (AvgIpc) is 2.93. The molecule has 3 heteroatoms. The van der Waals surface area contributed by atoms with Gasteiger partial charge in [0, 0.05) is 25.2 Å². The first-order valence-corrected chi connectivity index (χ1v) is 8.93. The summed E-state index contributed by atoms with van der Waals surface area (Å²) in [7, 11) is 2.29. The maximum Gasteiger partial charge on any atom is 0.0622 e. The maximum absolute atomic E-state index is 5.56. The van der Waals surface area contributed by atoms with Crippen LogP contribution in [0.15, 0.2) is 0 Å². The normalized spacial score (nSPS) is 34.6. The van der Waals surface area contributed by atoms with E-state index in [-0.39, 0.29) is 0 Å². The summed E-state index contributed by atoms with van der Waals surface area (Å²) in [6, 6.07) is 1.35. The Kier molecular flexibility index (Phi) is 6.10. The molecule has 1 saturated heterocycles. The van der Waals surface area contributed by atoms with Gasteiger partial charge >= 0.3 is 0 Å². The Labute approximate surface area is 131 Å². The van der Waals surface area contributed by atoms with Crippen molar-refractivity contribution in [1.29, 1.82) is 0 Å². The third-order valence-corrected chi connectivity index (χ3v) is 5.72. The number of ether oxygens (including phenoxy) is 1. The summed E-state index contributed by atoms with van der Waals surface area (Å²) in [4.78, 5) is 2.56. The summed E-state index contributed by atoms with van der Waals surface area (Å²) in [6.45, 7) is 13.7. The molecule has 1 aliphatic heterocycles. The summed E-state index contributed by atoms with van der Waals surface area (Å²) in [5.74, 6) is 1.65. The molecule has 1 heterocycles. The van der Waals surface area contributed by atoms with Crippen LogP contribution in [0, 0.1) is 17.3 Å². The Bertz CT molecular complexity index is 307. The van der Waals surface area contributed by atoms with E-state index >= 15 is 0 Å². The quantitative estimate of drug-likeness (QED) is 0.843. The molecule has 4 unspecified atom stereocenters. The molecule has 0 spiro atoms. The summed E-state index contributed by atoms with van der Waals surface area (Å²) in [5.41, 5.74) is 0.449. The fraction of sp³-hybridized carbons (Fsp3) is 1.00. The predicted octanol–water partition coefficient (Wildman–Crippen LogP) is 3.15. The van der Waals surface area contributed by atoms with Crippen LogP contribution in [-0.4, -0.2) is 50.3 Å². The molecule has 21 heavy (non-hydrogen) atoms. The summed E-state index contributed by atoms with van der Waals surface area (Å²) in [6.07, 6.45) is 5.31. The Morgan fingerprint density at radius 3 is 2.52 bits per heavy atom. The highest BCUT2D eigenvalue weighted by Crippen LogP contribution is 2.40. The molecule has 0 bridgehead atoms. The molecule has 3 nitrogen and oxygen atoms in total. The number of nitrogens with zero attached hydrogens (tertiary/aromatic N) is 1. The van der Waals surface area contributed by atoms with Crippen LogP contribution in [0.1, 0.15) is 53.4 Å². The molecule has 1 N–H and O–H groups in total. The van der Waals surface area contributed by atoms with Crippen molar-refractivity contribution < 1.29 is 4.74 Å². The van der Waals surface area contributed by atoms with E-state index in [2.05, 4.69) is 45.0 Å². The third-order valence-electron chi connectivity index (χ3n) is 5.72. The zero-order valence-electron chi connectivity index (χ0n) is 14.8. The summed E-state index contributed by atoms with van der Waals surface area (Å²) < 4.78 is 5.56. The first-order valence-electron chi connectivity index (χ1n) is 8.93. The van der Waals surface area contributed by atoms with Crippen LogP contribution in [0.2, 0.25) is 0 Å². The number of likely N-dealkylation sites (N-methyl/N-ethyl adjacent to an activating group) is 1. The van der Waals surface area contributed by atoms with Gasteiger partial charge in [0.1, 0.15) is 0 Å². The minimum Gasteiger partial charge on any atom is -0.380 e. The van der Waals surface area contributed by atoms with Crippen LogP contribution in [0.4, 0.5) is 0 Å². The highest BCUT2D eigenvalue weighted by Gasteiger charge is 2.36. The summed E-state index contributed by atoms with van der Waals surface area (Å²) >= 11 is 0. The van der Waals surface area contributed by atoms with E-state index in [4.69, 9.17) is 4.74 Å². The van der Waals surface area contributed by atoms with Crippen LogP contribution < -0.4 is 5.32 Å². The van der Waals surface area contributed by atoms with E-state index in [1.165, 1.54) is 32.2 Å². The molecule has 2 rings (SSSR count). The van der Waals surface area contributed by atoms with E-state index in [1.807, 2.05) is 0 Å². The Morgan fingerprint density at radius 2 is 1.95 bits per heavy atom. The van der Waals surface area contributed by atoms with Crippen molar-refractivity contribution >= 4 is 0 Å². The highest BCUT2D eigenvalue weighted by molar-refractivity contribution is 4.91. The summed E-state index contributed by atoms with van der Waals surface area (Å²) in [5, 5.41) is 3.74. The van der Waals surface area contributed by atoms with Gasteiger partial charge in [0.15, 0.2) is 0 Å². The Hall–Kier alpha value is -0.120. The number of nitrogens with one attached hydrogen (secondary N) is 1. The van der Waals surface area contributed by atoms with Crippen molar-refractivity contribution in [2.75, 3.05) is 33.4 Å². The Morgan fingerprint density at radius 1 is 1.19 bits per heavy atom. The van der Waals surface area contributed by atoms with Crippen LogP contribution in [0.5, 0.6) is 0 Å². The van der Waals surface area contributed by atoms with Crippen molar-refractivity contribution in [2.45, 2.75) is 65.5 Å². The monoisotopic (exact) mass is 296 g/mol. The smallest absolute Gasteiger partial charge is 0.0622 e. The van der Waals surface area contributed by atoms with Gasteiger partial charge in [-0.05, 0) is 56.5 Å². The lowest BCUT2D eigenvalue weighted by Gasteiger charge is -2.44. The molecule has 1 saturated carbocycles. The molecule has 124 valence electrons. The largest absolute Gasteiger partial charge is 0.380 e. The third kappa shape index (κ3) is 4.67. The van der Waals surface area contributed by atoms with Crippen LogP contribution in [-0.2, 0) is 4.74 Å². The molecule has 0 aromatic carbocycles. The highest BCUT2D eigenvalue weighted by atomic mass is 16.5. The molecule has 2 aliphatic rings. The molecular formula is C18H36N2O. The lowest BCUT2D eigenvalue weighted by Crippen LogP contribution is -2.48. The van der Waals surface area contributed by atoms with Gasteiger partial charge in [-0.15, -0.1) is 0 Å². The first-order chi connectivity index (χ1) is 9.91. The van der Waals surface area contributed by atoms with Gasteiger partial charge in [-0.2, -0.15) is 0 Å². The minimum absolute atomic E-state index is 0.449. The average molecular weight is 296 g/mol. The van der Waals surface area contributed by atoms with Gasteiger partial charge in [0.05, 0.1) is 6.61 Å². The van der Waals surface area contributed by atoms with Crippen molar-refractivity contribution in [3.8, 4) is 0 Å². The van der Waals surface area contributed by atoms with E-state index in [1.54, 1.807) is 0 Å². The van der Waals surface area contributed by atoms with E-state index in [0.29, 0.717) is 17.5 Å². The lowest BCUT2D eigenvalue weighted by molar-refractivity contribution is 0.0792. The molecular weight excluding hydrogens is 260 g/mol. The predicted molar refractivity (Wildman–Crippen MR) is 89.6 cm³/mol. The van der Waals surface area contributed by atoms with Gasteiger partial charge in [-0.3, -0.25) is 0 Å². The topological polar surface area (TPSA) is 24.5 Å². The van der Waals surface area contributed by atoms with Gasteiger partial charge in [-0.25, -0.2) is 0 Å². The van der Waals surface area contributed by atoms with Crippen LogP contribution in [0.3, 0.4) is 0 Å². The van der Waals surface area contributed by atoms with Crippen LogP contribution in [0.25, 0.3) is 0 Å². The van der Waals surface area contributed by atoms with E-state index in [0.717, 1.165) is 31.6 Å². The number of hydrogen-bond acceptors (Lipinski definition) is 3. The van der Waals surface area contributed by atoms with Crippen molar-refractivity contribution in [2.24, 2.45) is 17.3 Å². The SMILES string of the molecule is CCNC1CCC(C(C)(C)C)CC1CN(C)C1CCOC1. The molecule has 1 aliphatic carbocycles. The molecule has 0 amide bonds.